The number of hydrogen-bond acceptors (Lipinski definition) is 4. The van der Waals surface area contributed by atoms with Crippen LogP contribution in [0.4, 0.5) is 11.4 Å². The molecule has 2 N–H and O–H groups in total. The highest BCUT2D eigenvalue weighted by atomic mass is 35.5. The number of nitrogens with one attached hydrogen (secondary N) is 2. The molecule has 8 heteroatoms. The molecule has 0 radical (unpaired) electrons. The number of benzene rings is 2. The van der Waals surface area contributed by atoms with Crippen LogP contribution in [-0.4, -0.2) is 4.92 Å². The summed E-state index contributed by atoms with van der Waals surface area (Å²) in [5.74, 6) is 0.0627. The lowest BCUT2D eigenvalue weighted by Crippen LogP contribution is -2.18. The highest BCUT2D eigenvalue weighted by molar-refractivity contribution is 6.59. The van der Waals surface area contributed by atoms with Crippen LogP contribution in [-0.2, 0) is 0 Å². The van der Waals surface area contributed by atoms with Crippen LogP contribution in [0.25, 0.3) is 0 Å². The van der Waals surface area contributed by atoms with Crippen molar-refractivity contribution >= 4 is 46.2 Å². The standard InChI is InChI=1S/C20H20Cl3N3O2/c1-11-5-7-15(13(3)9-11)24-20(18(26(27)28)17(21)19(22)23)25-16-8-6-12(2)10-14(16)4/h5-10,24-25H,1-4H3. The van der Waals surface area contributed by atoms with Gasteiger partial charge in [0.05, 0.1) is 4.92 Å². The number of halogens is 3. The van der Waals surface area contributed by atoms with E-state index in [0.29, 0.717) is 11.4 Å². The monoisotopic (exact) mass is 439 g/mol. The third-order valence-corrected chi connectivity index (χ3v) is 5.02. The Kier molecular flexibility index (Phi) is 7.35. The molecule has 0 fully saturated rings. The van der Waals surface area contributed by atoms with Gasteiger partial charge in [0.25, 0.3) is 0 Å². The summed E-state index contributed by atoms with van der Waals surface area (Å²) in [5.41, 5.74) is 4.90. The van der Waals surface area contributed by atoms with Gasteiger partial charge in [0.1, 0.15) is 4.49 Å². The second-order valence-electron chi connectivity index (χ2n) is 6.44. The van der Waals surface area contributed by atoms with Crippen LogP contribution in [0.15, 0.2) is 57.4 Å². The predicted molar refractivity (Wildman–Crippen MR) is 118 cm³/mol. The first kappa shape index (κ1) is 22.1. The molecule has 2 aromatic carbocycles. The molecule has 0 aromatic heterocycles. The van der Waals surface area contributed by atoms with Crippen molar-refractivity contribution in [1.29, 1.82) is 0 Å². The van der Waals surface area contributed by atoms with Crippen LogP contribution in [0.3, 0.4) is 0 Å². The first-order chi connectivity index (χ1) is 13.1. The average molecular weight is 441 g/mol. The molecule has 2 rings (SSSR count). The van der Waals surface area contributed by atoms with Crippen LogP contribution < -0.4 is 10.6 Å². The Morgan fingerprint density at radius 3 is 1.61 bits per heavy atom. The van der Waals surface area contributed by atoms with Crippen molar-refractivity contribution in [2.45, 2.75) is 27.7 Å². The lowest BCUT2D eigenvalue weighted by Gasteiger charge is -2.17. The minimum atomic E-state index is -0.629. The van der Waals surface area contributed by atoms with E-state index in [9.17, 15) is 10.1 Å². The quantitative estimate of drug-likeness (QED) is 0.295. The minimum Gasteiger partial charge on any atom is -0.336 e. The maximum Gasteiger partial charge on any atom is 0.330 e. The molecule has 5 nitrogen and oxygen atoms in total. The van der Waals surface area contributed by atoms with Gasteiger partial charge >= 0.3 is 5.70 Å². The normalized spacial score (nSPS) is 10.2. The van der Waals surface area contributed by atoms with E-state index in [1.165, 1.54) is 0 Å². The summed E-state index contributed by atoms with van der Waals surface area (Å²) in [6.07, 6.45) is 0. The zero-order chi connectivity index (χ0) is 21.0. The fraction of sp³-hybridized carbons (Fsp3) is 0.200. The zero-order valence-corrected chi connectivity index (χ0v) is 18.1. The fourth-order valence-electron chi connectivity index (χ4n) is 2.70. The van der Waals surface area contributed by atoms with Crippen molar-refractivity contribution in [3.8, 4) is 0 Å². The van der Waals surface area contributed by atoms with Gasteiger partial charge in [-0.1, -0.05) is 70.2 Å². The van der Waals surface area contributed by atoms with Crippen molar-refractivity contribution in [2.24, 2.45) is 0 Å². The molecule has 0 atom stereocenters. The zero-order valence-electron chi connectivity index (χ0n) is 15.9. The maximum absolute atomic E-state index is 11.8. The summed E-state index contributed by atoms with van der Waals surface area (Å²) in [6, 6.07) is 11.4. The number of nitro groups is 1. The number of aryl methyl sites for hydroxylation is 4. The smallest absolute Gasteiger partial charge is 0.330 e. The summed E-state index contributed by atoms with van der Waals surface area (Å²) in [7, 11) is 0. The van der Waals surface area contributed by atoms with E-state index in [-0.39, 0.29) is 10.9 Å². The summed E-state index contributed by atoms with van der Waals surface area (Å²) >= 11 is 17.6. The van der Waals surface area contributed by atoms with Crippen LogP contribution >= 0.6 is 34.8 Å². The Balaban J connectivity index is 2.64. The van der Waals surface area contributed by atoms with Gasteiger partial charge in [-0.05, 0) is 51.0 Å². The molecule has 0 saturated heterocycles. The summed E-state index contributed by atoms with van der Waals surface area (Å²) in [5, 5.41) is 17.6. The van der Waals surface area contributed by atoms with Crippen LogP contribution in [0.1, 0.15) is 22.3 Å². The number of anilines is 2. The molecule has 148 valence electrons. The third-order valence-electron chi connectivity index (χ3n) is 4.08. The van der Waals surface area contributed by atoms with Crippen molar-refractivity contribution in [3.05, 3.63) is 89.8 Å². The molecule has 0 spiro atoms. The molecule has 0 saturated carbocycles. The fourth-order valence-corrected chi connectivity index (χ4v) is 3.04. The molecule has 28 heavy (non-hydrogen) atoms. The predicted octanol–water partition coefficient (Wildman–Crippen LogP) is 6.78. The van der Waals surface area contributed by atoms with Crippen molar-refractivity contribution in [2.75, 3.05) is 10.6 Å². The van der Waals surface area contributed by atoms with Crippen LogP contribution in [0.5, 0.6) is 0 Å². The molecular weight excluding hydrogens is 421 g/mol. The second kappa shape index (κ2) is 9.32. The van der Waals surface area contributed by atoms with E-state index in [4.69, 9.17) is 34.8 Å². The lowest BCUT2D eigenvalue weighted by atomic mass is 10.1. The summed E-state index contributed by atoms with van der Waals surface area (Å²) in [4.78, 5) is 11.1. The molecular formula is C20H20Cl3N3O2. The van der Waals surface area contributed by atoms with Crippen LogP contribution in [0.2, 0.25) is 0 Å². The van der Waals surface area contributed by atoms with Gasteiger partial charge in [0.2, 0.25) is 0 Å². The van der Waals surface area contributed by atoms with E-state index in [1.807, 2.05) is 64.1 Å². The first-order valence-corrected chi connectivity index (χ1v) is 9.52. The number of allylic oxidation sites excluding steroid dienone is 1. The maximum atomic E-state index is 11.8. The van der Waals surface area contributed by atoms with Gasteiger partial charge in [-0.15, -0.1) is 0 Å². The van der Waals surface area contributed by atoms with Crippen molar-refractivity contribution in [1.82, 2.24) is 0 Å². The molecule has 0 bridgehead atoms. The van der Waals surface area contributed by atoms with Gasteiger partial charge in [-0.25, -0.2) is 0 Å². The van der Waals surface area contributed by atoms with Gasteiger partial charge in [0.15, 0.2) is 10.9 Å². The SMILES string of the molecule is Cc1ccc(NC(Nc2ccc(C)cc2C)=C(C(Cl)=C(Cl)Cl)[N+](=O)[O-])c(C)c1. The van der Waals surface area contributed by atoms with Crippen molar-refractivity contribution in [3.63, 3.8) is 0 Å². The van der Waals surface area contributed by atoms with E-state index < -0.39 is 15.1 Å². The largest absolute Gasteiger partial charge is 0.336 e. The molecule has 0 aliphatic carbocycles. The van der Waals surface area contributed by atoms with E-state index in [1.54, 1.807) is 0 Å². The topological polar surface area (TPSA) is 67.2 Å². The molecule has 0 heterocycles. The molecule has 0 aliphatic heterocycles. The third kappa shape index (κ3) is 5.41. The van der Waals surface area contributed by atoms with Gasteiger partial charge in [-0.3, -0.25) is 10.1 Å². The number of hydrogen-bond donors (Lipinski definition) is 2. The van der Waals surface area contributed by atoms with Gasteiger partial charge in [0, 0.05) is 11.4 Å². The second-order valence-corrected chi connectivity index (χ2v) is 7.77. The molecule has 0 amide bonds. The number of rotatable bonds is 6. The summed E-state index contributed by atoms with van der Waals surface area (Å²) in [6.45, 7) is 7.75. The van der Waals surface area contributed by atoms with Gasteiger partial charge in [-0.2, -0.15) is 0 Å². The van der Waals surface area contributed by atoms with Gasteiger partial charge < -0.3 is 10.6 Å². The Bertz CT molecular complexity index is 925. The highest BCUT2D eigenvalue weighted by Gasteiger charge is 2.26. The van der Waals surface area contributed by atoms with E-state index in [2.05, 4.69) is 10.6 Å². The average Bonchev–Trinajstić information content (AvgIpc) is 2.59. The van der Waals surface area contributed by atoms with Crippen molar-refractivity contribution < 1.29 is 4.92 Å². The molecule has 0 aliphatic rings. The molecule has 0 unspecified atom stereocenters. The number of nitrogens with zero attached hydrogens (tertiary/aromatic N) is 1. The minimum absolute atomic E-state index is 0.0627. The Hall–Kier alpha value is -2.21. The Morgan fingerprint density at radius 1 is 0.857 bits per heavy atom. The lowest BCUT2D eigenvalue weighted by molar-refractivity contribution is -0.420. The molecule has 2 aromatic rings. The van der Waals surface area contributed by atoms with E-state index >= 15 is 0 Å². The Labute approximate surface area is 179 Å². The summed E-state index contributed by atoms with van der Waals surface area (Å²) < 4.78 is -0.393. The first-order valence-electron chi connectivity index (χ1n) is 8.38. The Morgan fingerprint density at radius 2 is 1.29 bits per heavy atom. The van der Waals surface area contributed by atoms with E-state index in [0.717, 1.165) is 22.3 Å². The highest BCUT2D eigenvalue weighted by Crippen LogP contribution is 2.30. The van der Waals surface area contributed by atoms with Crippen LogP contribution in [0, 0.1) is 37.8 Å².